The van der Waals surface area contributed by atoms with Gasteiger partial charge in [0.15, 0.2) is 0 Å². The highest BCUT2D eigenvalue weighted by Gasteiger charge is 2.21. The van der Waals surface area contributed by atoms with Gasteiger partial charge in [-0.1, -0.05) is 90.6 Å². The van der Waals surface area contributed by atoms with Crippen molar-refractivity contribution >= 4 is 39.0 Å². The second-order valence-electron chi connectivity index (χ2n) is 9.40. The van der Waals surface area contributed by atoms with Gasteiger partial charge >= 0.3 is 0 Å². The molecular weight excluding hydrogens is 442 g/mol. The molecule has 0 saturated carbocycles. The van der Waals surface area contributed by atoms with E-state index in [2.05, 4.69) is 96.4 Å². The van der Waals surface area contributed by atoms with Gasteiger partial charge < -0.3 is 0 Å². The smallest absolute Gasteiger partial charge is 0.0792 e. The fraction of sp³-hybridized carbons (Fsp3) is 0.121. The van der Waals surface area contributed by atoms with Crippen LogP contribution < -0.4 is 0 Å². The molecule has 35 heavy (non-hydrogen) atoms. The number of benzene rings is 5. The fourth-order valence-electron chi connectivity index (χ4n) is 5.85. The molecule has 1 nitrogen and oxygen atoms in total. The molecule has 5 aromatic carbocycles. The number of hydrogen-bond donors (Lipinski definition) is 0. The van der Waals surface area contributed by atoms with Crippen LogP contribution in [0.25, 0.3) is 32.7 Å². The van der Waals surface area contributed by atoms with Crippen molar-refractivity contribution in [1.82, 2.24) is 0 Å². The van der Waals surface area contributed by atoms with Crippen molar-refractivity contribution in [3.8, 4) is 11.1 Å². The van der Waals surface area contributed by atoms with E-state index < -0.39 is 0 Å². The molecule has 2 aliphatic rings. The van der Waals surface area contributed by atoms with Crippen molar-refractivity contribution in [2.45, 2.75) is 30.6 Å². The molecule has 0 bridgehead atoms. The highest BCUT2D eigenvalue weighted by molar-refractivity contribution is 8.02. The molecule has 5 aromatic rings. The number of aryl methyl sites for hydroxylation is 2. The van der Waals surface area contributed by atoms with Crippen LogP contribution in [0.2, 0.25) is 0 Å². The number of fused-ring (bicyclic) bond motifs is 6. The average Bonchev–Trinajstić information content (AvgIpc) is 3.15. The lowest BCUT2D eigenvalue weighted by atomic mass is 9.82. The molecule has 168 valence electrons. The van der Waals surface area contributed by atoms with Gasteiger partial charge in [0.25, 0.3) is 0 Å². The van der Waals surface area contributed by atoms with Crippen molar-refractivity contribution in [3.63, 3.8) is 0 Å². The zero-order valence-corrected chi connectivity index (χ0v) is 20.3. The zero-order valence-electron chi connectivity index (χ0n) is 19.5. The third kappa shape index (κ3) is 3.44. The number of nitrogens with zero attached hydrogens (tertiary/aromatic N) is 1. The summed E-state index contributed by atoms with van der Waals surface area (Å²) < 4.78 is 0. The van der Waals surface area contributed by atoms with E-state index in [9.17, 15) is 0 Å². The van der Waals surface area contributed by atoms with E-state index in [0.29, 0.717) is 0 Å². The maximum absolute atomic E-state index is 4.97. The Morgan fingerprint density at radius 2 is 1.40 bits per heavy atom. The predicted molar refractivity (Wildman–Crippen MR) is 151 cm³/mol. The Labute approximate surface area is 210 Å². The molecule has 7 rings (SSSR count). The minimum atomic E-state index is 1.04. The SMILES string of the molecule is C1=CSc2ccccc2C(c2ccccc2-c2cc3ccccc3c3ccc4c(c23)CCCC4)=N1. The Balaban J connectivity index is 1.57. The first-order valence-electron chi connectivity index (χ1n) is 12.4. The van der Waals surface area contributed by atoms with E-state index in [1.165, 1.54) is 73.5 Å². The molecule has 0 saturated heterocycles. The molecule has 0 N–H and O–H groups in total. The van der Waals surface area contributed by atoms with E-state index in [0.717, 1.165) is 12.1 Å². The maximum atomic E-state index is 4.97. The summed E-state index contributed by atoms with van der Waals surface area (Å²) in [7, 11) is 0. The summed E-state index contributed by atoms with van der Waals surface area (Å²) in [4.78, 5) is 6.21. The summed E-state index contributed by atoms with van der Waals surface area (Å²) >= 11 is 1.74. The minimum absolute atomic E-state index is 1.04. The highest BCUT2D eigenvalue weighted by Crippen LogP contribution is 2.42. The second kappa shape index (κ2) is 8.55. The monoisotopic (exact) mass is 467 g/mol. The van der Waals surface area contributed by atoms with Gasteiger partial charge in [0.05, 0.1) is 5.71 Å². The van der Waals surface area contributed by atoms with Gasteiger partial charge in [-0.2, -0.15) is 0 Å². The van der Waals surface area contributed by atoms with Crippen LogP contribution in [-0.4, -0.2) is 5.71 Å². The van der Waals surface area contributed by atoms with Crippen LogP contribution in [0, 0.1) is 0 Å². The number of hydrogen-bond acceptors (Lipinski definition) is 2. The first kappa shape index (κ1) is 20.7. The normalized spacial score (nSPS) is 14.9. The Hall–Kier alpha value is -3.62. The summed E-state index contributed by atoms with van der Waals surface area (Å²) in [6, 6.07) is 33.5. The molecule has 0 amide bonds. The van der Waals surface area contributed by atoms with Gasteiger partial charge in [-0.3, -0.25) is 4.99 Å². The molecule has 1 heterocycles. The molecule has 1 aliphatic carbocycles. The van der Waals surface area contributed by atoms with Crippen LogP contribution in [0.4, 0.5) is 0 Å². The molecule has 0 aromatic heterocycles. The summed E-state index contributed by atoms with van der Waals surface area (Å²) in [6.45, 7) is 0. The highest BCUT2D eigenvalue weighted by atomic mass is 32.2. The Morgan fingerprint density at radius 3 is 2.34 bits per heavy atom. The molecule has 0 radical (unpaired) electrons. The zero-order chi connectivity index (χ0) is 23.2. The standard InChI is InChI=1S/C33H25NS/c1-4-12-25-22(9-1)17-18-27-24-11-3-2-10-23(24)21-30(32(25)27)26-13-5-6-14-28(26)33-29-15-7-8-16-31(29)35-20-19-34-33/h2-3,5-8,10-11,13-21H,1,4,9,12H2. The first-order valence-corrected chi connectivity index (χ1v) is 13.3. The van der Waals surface area contributed by atoms with Crippen molar-refractivity contribution in [3.05, 3.63) is 125 Å². The minimum Gasteiger partial charge on any atom is -0.255 e. The lowest BCUT2D eigenvalue weighted by Crippen LogP contribution is -2.07. The van der Waals surface area contributed by atoms with Crippen LogP contribution in [0.15, 0.2) is 112 Å². The summed E-state index contributed by atoms with van der Waals surface area (Å²) in [6.07, 6.45) is 6.83. The van der Waals surface area contributed by atoms with Gasteiger partial charge in [-0.15, -0.1) is 0 Å². The van der Waals surface area contributed by atoms with Gasteiger partial charge in [-0.05, 0) is 87.0 Å². The number of rotatable bonds is 2. The van der Waals surface area contributed by atoms with Gasteiger partial charge in [-0.25, -0.2) is 0 Å². The van der Waals surface area contributed by atoms with Crippen molar-refractivity contribution < 1.29 is 0 Å². The molecule has 0 fully saturated rings. The van der Waals surface area contributed by atoms with Crippen molar-refractivity contribution in [2.75, 3.05) is 0 Å². The van der Waals surface area contributed by atoms with Crippen LogP contribution in [0.1, 0.15) is 35.1 Å². The Morgan fingerprint density at radius 1 is 0.629 bits per heavy atom. The first-order chi connectivity index (χ1) is 17.4. The molecule has 1 aliphatic heterocycles. The van der Waals surface area contributed by atoms with E-state index in [1.54, 1.807) is 17.3 Å². The lowest BCUT2D eigenvalue weighted by Gasteiger charge is -2.23. The fourth-order valence-corrected chi connectivity index (χ4v) is 6.57. The number of thioether (sulfide) groups is 1. The van der Waals surface area contributed by atoms with E-state index in [1.807, 2.05) is 6.20 Å². The van der Waals surface area contributed by atoms with E-state index in [4.69, 9.17) is 4.99 Å². The maximum Gasteiger partial charge on any atom is 0.0792 e. The quantitative estimate of drug-likeness (QED) is 0.236. The Kier molecular flexibility index (Phi) is 5.06. The third-order valence-electron chi connectivity index (χ3n) is 7.43. The van der Waals surface area contributed by atoms with Crippen LogP contribution in [-0.2, 0) is 12.8 Å². The summed E-state index contributed by atoms with van der Waals surface area (Å²) in [5.41, 5.74) is 9.09. The molecule has 2 heteroatoms. The second-order valence-corrected chi connectivity index (χ2v) is 10.3. The predicted octanol–water partition coefficient (Wildman–Crippen LogP) is 8.95. The number of aliphatic imine (C=N–C) groups is 1. The van der Waals surface area contributed by atoms with Gasteiger partial charge in [0.2, 0.25) is 0 Å². The molecular formula is C33H25NS. The lowest BCUT2D eigenvalue weighted by molar-refractivity contribution is 0.690. The molecule has 0 spiro atoms. The van der Waals surface area contributed by atoms with Gasteiger partial charge in [0.1, 0.15) is 0 Å². The summed E-state index contributed by atoms with van der Waals surface area (Å²) in [5, 5.41) is 7.51. The molecule has 0 unspecified atom stereocenters. The third-order valence-corrected chi connectivity index (χ3v) is 8.29. The Bertz CT molecular complexity index is 1670. The van der Waals surface area contributed by atoms with Crippen LogP contribution in [0.3, 0.4) is 0 Å². The summed E-state index contributed by atoms with van der Waals surface area (Å²) in [5.74, 6) is 0. The largest absolute Gasteiger partial charge is 0.255 e. The van der Waals surface area contributed by atoms with E-state index >= 15 is 0 Å². The topological polar surface area (TPSA) is 12.4 Å². The van der Waals surface area contributed by atoms with Crippen LogP contribution >= 0.6 is 11.8 Å². The van der Waals surface area contributed by atoms with Crippen molar-refractivity contribution in [1.29, 1.82) is 0 Å². The van der Waals surface area contributed by atoms with E-state index in [-0.39, 0.29) is 0 Å². The van der Waals surface area contributed by atoms with Crippen molar-refractivity contribution in [2.24, 2.45) is 4.99 Å². The molecule has 0 atom stereocenters. The van der Waals surface area contributed by atoms with Crippen LogP contribution in [0.5, 0.6) is 0 Å². The average molecular weight is 468 g/mol. The van der Waals surface area contributed by atoms with Gasteiger partial charge in [0, 0.05) is 22.2 Å².